The number of fused-ring (bicyclic) bond motifs is 1. The molecule has 0 saturated heterocycles. The summed E-state index contributed by atoms with van der Waals surface area (Å²) in [6.45, 7) is 4.36. The first-order valence-electron chi connectivity index (χ1n) is 9.11. The average Bonchev–Trinajstić information content (AvgIpc) is 3.26. The number of imidazole rings is 1. The van der Waals surface area contributed by atoms with E-state index in [1.165, 1.54) is 24.2 Å². The Morgan fingerprint density at radius 2 is 2.15 bits per heavy atom. The quantitative estimate of drug-likeness (QED) is 0.866. The van der Waals surface area contributed by atoms with E-state index in [0.29, 0.717) is 50.6 Å². The molecule has 2 aromatic heterocycles. The molecule has 1 saturated carbocycles. The van der Waals surface area contributed by atoms with E-state index in [-0.39, 0.29) is 11.8 Å². The summed E-state index contributed by atoms with van der Waals surface area (Å²) < 4.78 is 2.14. The Hall–Kier alpha value is -2.22. The van der Waals surface area contributed by atoms with E-state index in [1.807, 2.05) is 23.4 Å². The molecule has 0 atom stereocenters. The van der Waals surface area contributed by atoms with Crippen molar-refractivity contribution in [3.63, 3.8) is 0 Å². The van der Waals surface area contributed by atoms with Crippen LogP contribution in [0.15, 0.2) is 11.6 Å². The van der Waals surface area contributed by atoms with Crippen molar-refractivity contribution in [2.45, 2.75) is 45.7 Å². The average molecular weight is 373 g/mol. The fourth-order valence-corrected chi connectivity index (χ4v) is 3.89. The summed E-state index contributed by atoms with van der Waals surface area (Å²) >= 11 is 1.49. The minimum atomic E-state index is -0.0145. The van der Waals surface area contributed by atoms with Crippen LogP contribution in [0.3, 0.4) is 0 Å². The molecule has 2 aliphatic rings. The van der Waals surface area contributed by atoms with Gasteiger partial charge in [0, 0.05) is 37.9 Å². The molecule has 0 bridgehead atoms. The third-order valence-corrected chi connectivity index (χ3v) is 5.76. The van der Waals surface area contributed by atoms with Gasteiger partial charge in [0.1, 0.15) is 11.5 Å². The maximum absolute atomic E-state index is 12.6. The molecular formula is C18H23N5O2S. The largest absolute Gasteiger partial charge is 0.350 e. The van der Waals surface area contributed by atoms with Gasteiger partial charge in [0.15, 0.2) is 0 Å². The molecule has 0 spiro atoms. The number of nitrogens with zero attached hydrogens (tertiary/aromatic N) is 4. The Labute approximate surface area is 156 Å². The first-order valence-corrected chi connectivity index (χ1v) is 9.99. The van der Waals surface area contributed by atoms with Gasteiger partial charge in [-0.1, -0.05) is 0 Å². The number of hydrogen-bond donors (Lipinski definition) is 1. The molecule has 1 aliphatic carbocycles. The van der Waals surface area contributed by atoms with Crippen LogP contribution < -0.4 is 5.32 Å². The molecule has 2 amide bonds. The van der Waals surface area contributed by atoms with Gasteiger partial charge in [-0.05, 0) is 25.7 Å². The van der Waals surface area contributed by atoms with E-state index in [0.717, 1.165) is 16.5 Å². The lowest BCUT2D eigenvalue weighted by Crippen LogP contribution is -2.34. The van der Waals surface area contributed by atoms with Crippen LogP contribution in [0.25, 0.3) is 0 Å². The summed E-state index contributed by atoms with van der Waals surface area (Å²) in [7, 11) is 0. The topological polar surface area (TPSA) is 80.1 Å². The van der Waals surface area contributed by atoms with E-state index >= 15 is 0 Å². The van der Waals surface area contributed by atoms with Crippen LogP contribution >= 0.6 is 11.3 Å². The zero-order chi connectivity index (χ0) is 18.1. The van der Waals surface area contributed by atoms with Gasteiger partial charge in [0.05, 0.1) is 23.4 Å². The molecule has 0 unspecified atom stereocenters. The van der Waals surface area contributed by atoms with Crippen LogP contribution in [0.4, 0.5) is 0 Å². The van der Waals surface area contributed by atoms with Crippen LogP contribution in [0, 0.1) is 12.8 Å². The molecule has 138 valence electrons. The molecule has 7 nitrogen and oxygen atoms in total. The van der Waals surface area contributed by atoms with Crippen LogP contribution in [0.2, 0.25) is 0 Å². The predicted molar refractivity (Wildman–Crippen MR) is 97.9 cm³/mol. The highest BCUT2D eigenvalue weighted by molar-refractivity contribution is 7.09. The highest BCUT2D eigenvalue weighted by atomic mass is 32.1. The number of nitrogens with one attached hydrogen (secondary N) is 1. The van der Waals surface area contributed by atoms with Crippen LogP contribution in [0.5, 0.6) is 0 Å². The van der Waals surface area contributed by atoms with Gasteiger partial charge in [0.2, 0.25) is 5.91 Å². The molecule has 26 heavy (non-hydrogen) atoms. The number of thiazole rings is 1. The maximum atomic E-state index is 12.6. The van der Waals surface area contributed by atoms with Crippen molar-refractivity contribution >= 4 is 23.2 Å². The number of aromatic nitrogens is 3. The van der Waals surface area contributed by atoms with Crippen LogP contribution in [0.1, 0.15) is 46.3 Å². The number of aryl methyl sites for hydroxylation is 1. The molecular weight excluding hydrogens is 350 g/mol. The van der Waals surface area contributed by atoms with E-state index in [9.17, 15) is 9.59 Å². The fraction of sp³-hybridized carbons (Fsp3) is 0.556. The molecule has 1 aliphatic heterocycles. The normalized spacial score (nSPS) is 16.9. The standard InChI is InChI=1S/C18H23N5O2S/c1-12-21-15(11-26-12)18(25)22-5-4-16-19-9-14(23(16)7-6-22)10-20-17(24)8-13-2-3-13/h9,11,13H,2-8,10H2,1H3,(H,20,24). The summed E-state index contributed by atoms with van der Waals surface area (Å²) in [5.74, 6) is 1.67. The van der Waals surface area contributed by atoms with Gasteiger partial charge in [-0.3, -0.25) is 9.59 Å². The number of hydrogen-bond acceptors (Lipinski definition) is 5. The Morgan fingerprint density at radius 3 is 2.88 bits per heavy atom. The van der Waals surface area contributed by atoms with Gasteiger partial charge >= 0.3 is 0 Å². The smallest absolute Gasteiger partial charge is 0.273 e. The lowest BCUT2D eigenvalue weighted by Gasteiger charge is -2.19. The predicted octanol–water partition coefficient (Wildman–Crippen LogP) is 1.76. The molecule has 0 aromatic carbocycles. The molecule has 1 N–H and O–H groups in total. The fourth-order valence-electron chi connectivity index (χ4n) is 3.31. The number of carbonyl (C=O) groups excluding carboxylic acids is 2. The number of carbonyl (C=O) groups is 2. The first-order chi connectivity index (χ1) is 12.6. The minimum absolute atomic E-state index is 0.0145. The van der Waals surface area contributed by atoms with Crippen molar-refractivity contribution in [2.75, 3.05) is 13.1 Å². The van der Waals surface area contributed by atoms with Crippen molar-refractivity contribution in [1.82, 2.24) is 24.8 Å². The second-order valence-electron chi connectivity index (χ2n) is 7.04. The van der Waals surface area contributed by atoms with Crippen molar-refractivity contribution < 1.29 is 9.59 Å². The molecule has 2 aromatic rings. The Kier molecular flexibility index (Phi) is 4.76. The lowest BCUT2D eigenvalue weighted by atomic mass is 10.3. The second-order valence-corrected chi connectivity index (χ2v) is 8.10. The summed E-state index contributed by atoms with van der Waals surface area (Å²) in [5.41, 5.74) is 1.53. The third-order valence-electron chi connectivity index (χ3n) is 4.98. The molecule has 4 rings (SSSR count). The van der Waals surface area contributed by atoms with Crippen molar-refractivity contribution in [3.05, 3.63) is 33.8 Å². The van der Waals surface area contributed by atoms with E-state index in [2.05, 4.69) is 19.9 Å². The Morgan fingerprint density at radius 1 is 1.31 bits per heavy atom. The second kappa shape index (κ2) is 7.19. The van der Waals surface area contributed by atoms with Crippen molar-refractivity contribution in [2.24, 2.45) is 5.92 Å². The van der Waals surface area contributed by atoms with Gasteiger partial charge in [-0.2, -0.15) is 0 Å². The molecule has 1 fully saturated rings. The van der Waals surface area contributed by atoms with Crippen LogP contribution in [-0.2, 0) is 24.3 Å². The zero-order valence-corrected chi connectivity index (χ0v) is 15.7. The van der Waals surface area contributed by atoms with Crippen LogP contribution in [-0.4, -0.2) is 44.3 Å². The van der Waals surface area contributed by atoms with E-state index < -0.39 is 0 Å². The number of rotatable bonds is 5. The maximum Gasteiger partial charge on any atom is 0.273 e. The van der Waals surface area contributed by atoms with Crippen molar-refractivity contribution in [3.8, 4) is 0 Å². The minimum Gasteiger partial charge on any atom is -0.350 e. The Balaban J connectivity index is 1.37. The Bertz CT molecular complexity index is 823. The molecule has 3 heterocycles. The first kappa shape index (κ1) is 17.2. The molecule has 8 heteroatoms. The molecule has 0 radical (unpaired) electrons. The zero-order valence-electron chi connectivity index (χ0n) is 14.9. The van der Waals surface area contributed by atoms with Gasteiger partial charge in [0.25, 0.3) is 5.91 Å². The summed E-state index contributed by atoms with van der Waals surface area (Å²) in [4.78, 5) is 35.2. The number of amides is 2. The van der Waals surface area contributed by atoms with E-state index in [4.69, 9.17) is 0 Å². The van der Waals surface area contributed by atoms with Gasteiger partial charge < -0.3 is 14.8 Å². The SMILES string of the molecule is Cc1nc(C(=O)N2CCc3ncc(CNC(=O)CC4CC4)n3CC2)cs1. The highest BCUT2D eigenvalue weighted by Crippen LogP contribution is 2.32. The summed E-state index contributed by atoms with van der Waals surface area (Å²) in [5, 5.41) is 5.73. The summed E-state index contributed by atoms with van der Waals surface area (Å²) in [6.07, 6.45) is 5.55. The van der Waals surface area contributed by atoms with E-state index in [1.54, 1.807) is 0 Å². The lowest BCUT2D eigenvalue weighted by molar-refractivity contribution is -0.121. The van der Waals surface area contributed by atoms with Gasteiger partial charge in [-0.25, -0.2) is 9.97 Å². The van der Waals surface area contributed by atoms with Crippen molar-refractivity contribution in [1.29, 1.82) is 0 Å². The monoisotopic (exact) mass is 373 g/mol. The summed E-state index contributed by atoms with van der Waals surface area (Å²) in [6, 6.07) is 0. The van der Waals surface area contributed by atoms with Gasteiger partial charge in [-0.15, -0.1) is 11.3 Å². The highest BCUT2D eigenvalue weighted by Gasteiger charge is 2.25. The third kappa shape index (κ3) is 3.80.